The predicted molar refractivity (Wildman–Crippen MR) is 96.9 cm³/mol. The zero-order valence-corrected chi connectivity index (χ0v) is 14.6. The van der Waals surface area contributed by atoms with Crippen molar-refractivity contribution < 1.29 is 14.5 Å². The van der Waals surface area contributed by atoms with Crippen LogP contribution in [0.3, 0.4) is 0 Å². The molecule has 7 heteroatoms. The summed E-state index contributed by atoms with van der Waals surface area (Å²) in [5.41, 5.74) is 1.93. The highest BCUT2D eigenvalue weighted by molar-refractivity contribution is 8.19. The third kappa shape index (κ3) is 3.73. The van der Waals surface area contributed by atoms with Gasteiger partial charge in [0.15, 0.2) is 0 Å². The maximum atomic E-state index is 12.2. The van der Waals surface area contributed by atoms with Crippen molar-refractivity contribution in [2.75, 3.05) is 11.5 Å². The molecule has 1 saturated heterocycles. The highest BCUT2D eigenvalue weighted by atomic mass is 32.2. The number of nitrogens with zero attached hydrogens (tertiary/aromatic N) is 1. The third-order valence-electron chi connectivity index (χ3n) is 3.61. The van der Waals surface area contributed by atoms with Crippen molar-refractivity contribution in [2.24, 2.45) is 0 Å². The smallest absolute Gasteiger partial charge is 0.343 e. The van der Waals surface area contributed by atoms with Gasteiger partial charge in [0.2, 0.25) is 0 Å². The Kier molecular flexibility index (Phi) is 5.11. The second-order valence-corrected chi connectivity index (χ2v) is 8.01. The van der Waals surface area contributed by atoms with Gasteiger partial charge in [0.05, 0.1) is 15.1 Å². The molecule has 0 saturated carbocycles. The number of benzene rings is 2. The van der Waals surface area contributed by atoms with E-state index in [-0.39, 0.29) is 5.69 Å². The fourth-order valence-electron chi connectivity index (χ4n) is 2.40. The van der Waals surface area contributed by atoms with Crippen LogP contribution in [0.1, 0.15) is 26.1 Å². The highest BCUT2D eigenvalue weighted by Gasteiger charge is 2.19. The number of esters is 1. The second kappa shape index (κ2) is 7.27. The molecule has 0 bridgehead atoms. The van der Waals surface area contributed by atoms with E-state index in [1.54, 1.807) is 19.1 Å². The van der Waals surface area contributed by atoms with E-state index in [2.05, 4.69) is 0 Å². The van der Waals surface area contributed by atoms with E-state index in [4.69, 9.17) is 4.74 Å². The summed E-state index contributed by atoms with van der Waals surface area (Å²) in [6.45, 7) is 1.60. The van der Waals surface area contributed by atoms with E-state index in [0.29, 0.717) is 21.5 Å². The Balaban J connectivity index is 1.70. The molecule has 1 heterocycles. The van der Waals surface area contributed by atoms with Crippen molar-refractivity contribution in [3.63, 3.8) is 0 Å². The van der Waals surface area contributed by atoms with Crippen LogP contribution in [0.2, 0.25) is 0 Å². The van der Waals surface area contributed by atoms with E-state index in [1.165, 1.54) is 23.8 Å². The fraction of sp³-hybridized carbons (Fsp3) is 0.235. The monoisotopic (exact) mass is 361 g/mol. The van der Waals surface area contributed by atoms with E-state index >= 15 is 0 Å². The molecule has 1 aliphatic heterocycles. The topological polar surface area (TPSA) is 69.4 Å². The minimum absolute atomic E-state index is 0.0116. The first-order valence-corrected chi connectivity index (χ1v) is 9.45. The highest BCUT2D eigenvalue weighted by Crippen LogP contribution is 2.45. The van der Waals surface area contributed by atoms with Crippen molar-refractivity contribution in [2.45, 2.75) is 11.5 Å². The summed E-state index contributed by atoms with van der Waals surface area (Å²) in [5, 5.41) is 10.8. The van der Waals surface area contributed by atoms with Crippen LogP contribution in [0.4, 0.5) is 5.69 Å². The van der Waals surface area contributed by atoms with Gasteiger partial charge in [-0.15, -0.1) is 23.5 Å². The lowest BCUT2D eigenvalue weighted by atomic mass is 10.1. The van der Waals surface area contributed by atoms with Crippen molar-refractivity contribution in [3.8, 4) is 5.75 Å². The third-order valence-corrected chi connectivity index (χ3v) is 6.72. The van der Waals surface area contributed by atoms with Crippen molar-refractivity contribution >= 4 is 35.2 Å². The Morgan fingerprint density at radius 2 is 1.83 bits per heavy atom. The van der Waals surface area contributed by atoms with Gasteiger partial charge in [-0.1, -0.05) is 12.1 Å². The number of rotatable bonds is 4. The Hall–Kier alpha value is -1.99. The number of thioether (sulfide) groups is 2. The fourth-order valence-corrected chi connectivity index (χ4v) is 5.26. The Morgan fingerprint density at radius 1 is 1.17 bits per heavy atom. The molecule has 0 atom stereocenters. The van der Waals surface area contributed by atoms with Gasteiger partial charge in [-0.3, -0.25) is 10.1 Å². The van der Waals surface area contributed by atoms with Crippen LogP contribution >= 0.6 is 23.5 Å². The zero-order valence-electron chi connectivity index (χ0n) is 12.9. The summed E-state index contributed by atoms with van der Waals surface area (Å²) >= 11 is 3.84. The van der Waals surface area contributed by atoms with E-state index in [9.17, 15) is 14.9 Å². The molecular formula is C17H15NO4S2. The number of nitro groups is 1. The van der Waals surface area contributed by atoms with Gasteiger partial charge in [-0.05, 0) is 36.8 Å². The number of ether oxygens (including phenoxy) is 1. The number of hydrogen-bond acceptors (Lipinski definition) is 6. The van der Waals surface area contributed by atoms with Gasteiger partial charge in [-0.2, -0.15) is 0 Å². The maximum absolute atomic E-state index is 12.2. The Labute approximate surface area is 147 Å². The lowest BCUT2D eigenvalue weighted by molar-refractivity contribution is -0.385. The van der Waals surface area contributed by atoms with Crippen molar-refractivity contribution in [1.82, 2.24) is 0 Å². The van der Waals surface area contributed by atoms with Gasteiger partial charge in [-0.25, -0.2) is 4.79 Å². The number of carbonyl (C=O) groups is 1. The van der Waals surface area contributed by atoms with Crippen LogP contribution in [-0.2, 0) is 0 Å². The minimum atomic E-state index is -0.523. The molecule has 124 valence electrons. The van der Waals surface area contributed by atoms with Crippen molar-refractivity contribution in [3.05, 3.63) is 69.3 Å². The molecule has 5 nitrogen and oxygen atoms in total. The number of nitro benzene ring substituents is 1. The molecule has 0 spiro atoms. The van der Waals surface area contributed by atoms with Crippen LogP contribution < -0.4 is 4.74 Å². The molecule has 1 aliphatic rings. The maximum Gasteiger partial charge on any atom is 0.343 e. The van der Waals surface area contributed by atoms with Crippen LogP contribution in [0.25, 0.3) is 0 Å². The lowest BCUT2D eigenvalue weighted by Gasteiger charge is -2.09. The summed E-state index contributed by atoms with van der Waals surface area (Å²) < 4.78 is 5.80. The lowest BCUT2D eigenvalue weighted by Crippen LogP contribution is -2.09. The van der Waals surface area contributed by atoms with Crippen LogP contribution in [0, 0.1) is 17.0 Å². The van der Waals surface area contributed by atoms with Crippen molar-refractivity contribution in [1.29, 1.82) is 0 Å². The first kappa shape index (κ1) is 16.9. The molecule has 2 aromatic carbocycles. The van der Waals surface area contributed by atoms with E-state index < -0.39 is 10.9 Å². The molecule has 0 aromatic heterocycles. The zero-order chi connectivity index (χ0) is 17.1. The Bertz CT molecular complexity index is 771. The molecule has 0 radical (unpaired) electrons. The van der Waals surface area contributed by atoms with E-state index in [0.717, 1.165) is 11.5 Å². The quantitative estimate of drug-likeness (QED) is 0.343. The average molecular weight is 361 g/mol. The second-order valence-electron chi connectivity index (χ2n) is 5.29. The summed E-state index contributed by atoms with van der Waals surface area (Å²) in [7, 11) is 0. The molecule has 2 aromatic rings. The summed E-state index contributed by atoms with van der Waals surface area (Å²) in [6, 6.07) is 11.7. The molecular weight excluding hydrogens is 346 g/mol. The van der Waals surface area contributed by atoms with E-state index in [1.807, 2.05) is 35.7 Å². The average Bonchev–Trinajstić information content (AvgIpc) is 3.09. The van der Waals surface area contributed by atoms with Crippen LogP contribution in [0.5, 0.6) is 5.75 Å². The number of carbonyl (C=O) groups excluding carboxylic acids is 1. The van der Waals surface area contributed by atoms with Gasteiger partial charge in [0.1, 0.15) is 5.75 Å². The molecule has 1 fully saturated rings. The predicted octanol–water partition coefficient (Wildman–Crippen LogP) is 4.60. The number of hydrogen-bond donors (Lipinski definition) is 0. The van der Waals surface area contributed by atoms with Gasteiger partial charge in [0, 0.05) is 23.1 Å². The molecule has 0 unspecified atom stereocenters. The molecule has 0 N–H and O–H groups in total. The van der Waals surface area contributed by atoms with Crippen LogP contribution in [0.15, 0.2) is 42.5 Å². The number of aryl methyl sites for hydroxylation is 1. The summed E-state index contributed by atoms with van der Waals surface area (Å²) in [4.78, 5) is 22.5. The SMILES string of the molecule is Cc1cc(C(=O)Oc2ccc(C3SCCS3)cc2)ccc1[N+](=O)[O-]. The minimum Gasteiger partial charge on any atom is -0.423 e. The largest absolute Gasteiger partial charge is 0.423 e. The van der Waals surface area contributed by atoms with Gasteiger partial charge >= 0.3 is 5.97 Å². The van der Waals surface area contributed by atoms with Crippen LogP contribution in [-0.4, -0.2) is 22.4 Å². The Morgan fingerprint density at radius 3 is 2.42 bits per heavy atom. The molecule has 3 rings (SSSR count). The molecule has 0 amide bonds. The van der Waals surface area contributed by atoms with Gasteiger partial charge < -0.3 is 4.74 Å². The first-order valence-electron chi connectivity index (χ1n) is 7.35. The standard InChI is InChI=1S/C17H15NO4S2/c1-11-10-13(4-7-15(11)18(20)21)16(19)22-14-5-2-12(3-6-14)17-23-8-9-24-17/h2-7,10,17H,8-9H2,1H3. The van der Waals surface area contributed by atoms with Gasteiger partial charge in [0.25, 0.3) is 5.69 Å². The molecule has 24 heavy (non-hydrogen) atoms. The normalized spacial score (nSPS) is 14.5. The first-order chi connectivity index (χ1) is 11.5. The summed E-state index contributed by atoms with van der Waals surface area (Å²) in [5.74, 6) is 2.26. The summed E-state index contributed by atoms with van der Waals surface area (Å²) in [6.07, 6.45) is 0. The molecule has 0 aliphatic carbocycles.